The second-order valence-electron chi connectivity index (χ2n) is 7.23. The molecule has 0 unspecified atom stereocenters. The molecule has 1 aliphatic carbocycles. The summed E-state index contributed by atoms with van der Waals surface area (Å²) in [5, 5.41) is 0. The quantitative estimate of drug-likeness (QED) is 0.491. The molecule has 0 spiro atoms. The molecule has 1 N–H and O–H groups in total. The van der Waals surface area contributed by atoms with E-state index in [1.54, 1.807) is 32.9 Å². The van der Waals surface area contributed by atoms with Gasteiger partial charge in [0.15, 0.2) is 5.78 Å². The Morgan fingerprint density at radius 2 is 1.85 bits per heavy atom. The smallest absolute Gasteiger partial charge is 0.431 e. The van der Waals surface area contributed by atoms with Crippen LogP contribution in [0, 0.1) is 0 Å². The molecule has 0 bridgehead atoms. The minimum Gasteiger partial charge on any atom is -0.457 e. The van der Waals surface area contributed by atoms with E-state index in [-0.39, 0.29) is 19.4 Å². The molecule has 0 aromatic heterocycles. The summed E-state index contributed by atoms with van der Waals surface area (Å²) < 4.78 is 10.4. The van der Waals surface area contributed by atoms with Crippen molar-refractivity contribution in [2.45, 2.75) is 64.3 Å². The summed E-state index contributed by atoms with van der Waals surface area (Å²) in [6.07, 6.45) is 0.756. The SMILES string of the molecule is CC(C)(C)OC(=O)[C@]1(ONC(=O)OCc2ccccc2)CCCCC1=O. The predicted octanol–water partition coefficient (Wildman–Crippen LogP) is 3.07. The van der Waals surface area contributed by atoms with E-state index in [4.69, 9.17) is 14.3 Å². The minimum atomic E-state index is -1.82. The van der Waals surface area contributed by atoms with Crippen LogP contribution in [0.1, 0.15) is 52.0 Å². The molecule has 1 aromatic carbocycles. The molecule has 0 saturated heterocycles. The molecule has 142 valence electrons. The molecule has 1 amide bonds. The van der Waals surface area contributed by atoms with E-state index < -0.39 is 29.0 Å². The number of esters is 1. The Morgan fingerprint density at radius 3 is 2.46 bits per heavy atom. The monoisotopic (exact) mass is 363 g/mol. The summed E-state index contributed by atoms with van der Waals surface area (Å²) in [4.78, 5) is 42.2. The van der Waals surface area contributed by atoms with Crippen molar-refractivity contribution in [2.24, 2.45) is 0 Å². The Balaban J connectivity index is 1.99. The van der Waals surface area contributed by atoms with Gasteiger partial charge in [-0.3, -0.25) is 4.79 Å². The van der Waals surface area contributed by atoms with Crippen molar-refractivity contribution in [3.8, 4) is 0 Å². The highest BCUT2D eigenvalue weighted by Crippen LogP contribution is 2.31. The molecule has 7 heteroatoms. The average Bonchev–Trinajstić information content (AvgIpc) is 2.59. The lowest BCUT2D eigenvalue weighted by Crippen LogP contribution is -2.56. The van der Waals surface area contributed by atoms with Crippen LogP contribution in [-0.4, -0.2) is 29.0 Å². The second kappa shape index (κ2) is 8.31. The van der Waals surface area contributed by atoms with Gasteiger partial charge in [0, 0.05) is 6.42 Å². The molecule has 0 heterocycles. The standard InChI is InChI=1S/C19H25NO6/c1-18(2,3)25-16(22)19(12-8-7-11-15(19)21)26-20-17(23)24-13-14-9-5-4-6-10-14/h4-6,9-10H,7-8,11-13H2,1-3H3,(H,20,23)/t19-/m0/s1. The highest BCUT2D eigenvalue weighted by molar-refractivity contribution is 6.07. The van der Waals surface area contributed by atoms with Gasteiger partial charge in [-0.15, -0.1) is 0 Å². The molecule has 0 radical (unpaired) electrons. The van der Waals surface area contributed by atoms with E-state index in [9.17, 15) is 14.4 Å². The van der Waals surface area contributed by atoms with Crippen molar-refractivity contribution in [1.29, 1.82) is 0 Å². The summed E-state index contributed by atoms with van der Waals surface area (Å²) in [7, 11) is 0. The number of nitrogens with one attached hydrogen (secondary N) is 1. The Hall–Kier alpha value is -2.41. The van der Waals surface area contributed by atoms with Crippen molar-refractivity contribution in [2.75, 3.05) is 0 Å². The van der Waals surface area contributed by atoms with Gasteiger partial charge in [0.05, 0.1) is 0 Å². The Bertz CT molecular complexity index is 652. The number of benzene rings is 1. The van der Waals surface area contributed by atoms with E-state index >= 15 is 0 Å². The van der Waals surface area contributed by atoms with Gasteiger partial charge in [0.1, 0.15) is 12.2 Å². The van der Waals surface area contributed by atoms with Crippen LogP contribution in [0.15, 0.2) is 30.3 Å². The molecule has 7 nitrogen and oxygen atoms in total. The van der Waals surface area contributed by atoms with Crippen LogP contribution in [0.2, 0.25) is 0 Å². The summed E-state index contributed by atoms with van der Waals surface area (Å²) >= 11 is 0. The zero-order valence-corrected chi connectivity index (χ0v) is 15.4. The summed E-state index contributed by atoms with van der Waals surface area (Å²) in [5.41, 5.74) is 0.281. The van der Waals surface area contributed by atoms with E-state index in [2.05, 4.69) is 5.48 Å². The maximum Gasteiger partial charge on any atom is 0.431 e. The second-order valence-corrected chi connectivity index (χ2v) is 7.23. The third-order valence-electron chi connectivity index (χ3n) is 3.88. The Labute approximate surface area is 152 Å². The van der Waals surface area contributed by atoms with Crippen molar-refractivity contribution in [3.05, 3.63) is 35.9 Å². The number of carbonyl (C=O) groups excluding carboxylic acids is 3. The van der Waals surface area contributed by atoms with Crippen LogP contribution >= 0.6 is 0 Å². The Morgan fingerprint density at radius 1 is 1.15 bits per heavy atom. The van der Waals surface area contributed by atoms with Gasteiger partial charge in [-0.05, 0) is 45.6 Å². The topological polar surface area (TPSA) is 90.9 Å². The fraction of sp³-hybridized carbons (Fsp3) is 0.526. The van der Waals surface area contributed by atoms with Gasteiger partial charge in [0.25, 0.3) is 0 Å². The fourth-order valence-electron chi connectivity index (χ4n) is 2.61. The molecule has 0 aliphatic heterocycles. The number of amides is 1. The molecule has 1 atom stereocenters. The van der Waals surface area contributed by atoms with Crippen molar-refractivity contribution in [1.82, 2.24) is 5.48 Å². The number of carbonyl (C=O) groups is 3. The molecular formula is C19H25NO6. The summed E-state index contributed by atoms with van der Waals surface area (Å²) in [6.45, 7) is 5.15. The van der Waals surface area contributed by atoms with Gasteiger partial charge in [-0.1, -0.05) is 30.3 Å². The largest absolute Gasteiger partial charge is 0.457 e. The molecule has 1 fully saturated rings. The average molecular weight is 363 g/mol. The van der Waals surface area contributed by atoms with E-state index in [0.717, 1.165) is 5.56 Å². The maximum atomic E-state index is 12.6. The van der Waals surface area contributed by atoms with Crippen LogP contribution in [0.5, 0.6) is 0 Å². The first kappa shape index (κ1) is 19.9. The zero-order chi connectivity index (χ0) is 19.2. The molecule has 1 aromatic rings. The minimum absolute atomic E-state index is 0.0451. The van der Waals surface area contributed by atoms with E-state index in [1.165, 1.54) is 0 Å². The van der Waals surface area contributed by atoms with Crippen LogP contribution in [0.3, 0.4) is 0 Å². The lowest BCUT2D eigenvalue weighted by molar-refractivity contribution is -0.197. The van der Waals surface area contributed by atoms with E-state index in [0.29, 0.717) is 12.8 Å². The number of Topliss-reactive ketones (excluding diaryl/α,β-unsaturated/α-hetero) is 1. The number of ketones is 1. The zero-order valence-electron chi connectivity index (χ0n) is 15.4. The van der Waals surface area contributed by atoms with Crippen LogP contribution < -0.4 is 5.48 Å². The van der Waals surface area contributed by atoms with E-state index in [1.807, 2.05) is 18.2 Å². The molecule has 1 saturated carbocycles. The first-order valence-corrected chi connectivity index (χ1v) is 8.64. The maximum absolute atomic E-state index is 12.6. The van der Waals surface area contributed by atoms with Crippen LogP contribution in [0.25, 0.3) is 0 Å². The Kier molecular flexibility index (Phi) is 6.37. The number of ether oxygens (including phenoxy) is 2. The highest BCUT2D eigenvalue weighted by Gasteiger charge is 2.52. The third-order valence-corrected chi connectivity index (χ3v) is 3.88. The molecule has 1 aliphatic rings. The van der Waals surface area contributed by atoms with Crippen molar-refractivity contribution < 1.29 is 28.7 Å². The molecular weight excluding hydrogens is 338 g/mol. The first-order valence-electron chi connectivity index (χ1n) is 8.64. The van der Waals surface area contributed by atoms with Gasteiger partial charge in [0.2, 0.25) is 5.60 Å². The van der Waals surface area contributed by atoms with Gasteiger partial charge >= 0.3 is 12.1 Å². The highest BCUT2D eigenvalue weighted by atomic mass is 16.7. The lowest BCUT2D eigenvalue weighted by Gasteiger charge is -2.34. The van der Waals surface area contributed by atoms with Gasteiger partial charge in [-0.25, -0.2) is 14.4 Å². The summed E-state index contributed by atoms with van der Waals surface area (Å²) in [6, 6.07) is 9.12. The van der Waals surface area contributed by atoms with Crippen molar-refractivity contribution in [3.63, 3.8) is 0 Å². The van der Waals surface area contributed by atoms with Crippen molar-refractivity contribution >= 4 is 17.8 Å². The molecule has 2 rings (SSSR count). The number of hydroxylamine groups is 1. The first-order chi connectivity index (χ1) is 12.2. The number of hydrogen-bond donors (Lipinski definition) is 1. The van der Waals surface area contributed by atoms with Crippen LogP contribution in [-0.2, 0) is 30.5 Å². The molecule has 26 heavy (non-hydrogen) atoms. The predicted molar refractivity (Wildman–Crippen MR) is 92.9 cm³/mol. The van der Waals surface area contributed by atoms with Gasteiger partial charge in [-0.2, -0.15) is 5.48 Å². The summed E-state index contributed by atoms with van der Waals surface area (Å²) in [5.74, 6) is -1.19. The number of rotatable bonds is 5. The third kappa shape index (κ3) is 5.29. The van der Waals surface area contributed by atoms with Crippen LogP contribution in [0.4, 0.5) is 4.79 Å². The van der Waals surface area contributed by atoms with Gasteiger partial charge < -0.3 is 9.47 Å². The fourth-order valence-corrected chi connectivity index (χ4v) is 2.61. The normalized spacial score (nSPS) is 20.3. The lowest BCUT2D eigenvalue weighted by atomic mass is 9.83. The number of hydrogen-bond acceptors (Lipinski definition) is 6.